The minimum absolute atomic E-state index is 0.293. The number of hydrogen-bond donors (Lipinski definition) is 1. The van der Waals surface area contributed by atoms with Crippen molar-refractivity contribution in [1.29, 1.82) is 0 Å². The van der Waals surface area contributed by atoms with Crippen LogP contribution >= 0.6 is 0 Å². The van der Waals surface area contributed by atoms with Gasteiger partial charge in [-0.1, -0.05) is 18.2 Å². The predicted octanol–water partition coefficient (Wildman–Crippen LogP) is 4.20. The van der Waals surface area contributed by atoms with Crippen LogP contribution in [0.15, 0.2) is 30.3 Å². The summed E-state index contributed by atoms with van der Waals surface area (Å²) < 4.78 is 16.9. The van der Waals surface area contributed by atoms with E-state index < -0.39 is 0 Å². The van der Waals surface area contributed by atoms with Gasteiger partial charge < -0.3 is 19.5 Å². The Kier molecular flexibility index (Phi) is 5.02. The normalized spacial score (nSPS) is 16.7. The largest absolute Gasteiger partial charge is 0.493 e. The van der Waals surface area contributed by atoms with Crippen LogP contribution in [0.25, 0.3) is 0 Å². The molecule has 2 aromatic rings. The molecule has 0 saturated carbocycles. The van der Waals surface area contributed by atoms with Crippen molar-refractivity contribution in [3.8, 4) is 17.2 Å². The van der Waals surface area contributed by atoms with Crippen molar-refractivity contribution in [2.45, 2.75) is 45.2 Å². The van der Waals surface area contributed by atoms with Gasteiger partial charge in [0.2, 0.25) is 5.75 Å². The summed E-state index contributed by atoms with van der Waals surface area (Å²) >= 11 is 0. The van der Waals surface area contributed by atoms with Gasteiger partial charge in [-0.3, -0.25) is 0 Å². The quantitative estimate of drug-likeness (QED) is 0.875. The number of fused-ring (bicyclic) bond motifs is 2. The average molecular weight is 353 g/mol. The maximum atomic E-state index is 5.73. The summed E-state index contributed by atoms with van der Waals surface area (Å²) in [6.45, 7) is 4.12. The summed E-state index contributed by atoms with van der Waals surface area (Å²) in [5.74, 6) is 2.22. The minimum Gasteiger partial charge on any atom is -0.493 e. The molecule has 2 aromatic carbocycles. The van der Waals surface area contributed by atoms with E-state index >= 15 is 0 Å². The summed E-state index contributed by atoms with van der Waals surface area (Å²) in [5.41, 5.74) is 5.55. The number of hydrogen-bond acceptors (Lipinski definition) is 4. The highest BCUT2D eigenvalue weighted by molar-refractivity contribution is 5.54. The molecular weight excluding hydrogens is 326 g/mol. The molecule has 1 unspecified atom stereocenters. The topological polar surface area (TPSA) is 39.7 Å². The Morgan fingerprint density at radius 2 is 1.85 bits per heavy atom. The van der Waals surface area contributed by atoms with Crippen molar-refractivity contribution in [2.75, 3.05) is 20.3 Å². The predicted molar refractivity (Wildman–Crippen MR) is 102 cm³/mol. The second-order valence-corrected chi connectivity index (χ2v) is 7.16. The third kappa shape index (κ3) is 3.51. The maximum absolute atomic E-state index is 5.73. The maximum Gasteiger partial charge on any atom is 0.203 e. The lowest BCUT2D eigenvalue weighted by Crippen LogP contribution is -2.20. The zero-order valence-corrected chi connectivity index (χ0v) is 15.6. The summed E-state index contributed by atoms with van der Waals surface area (Å²) in [5, 5.41) is 3.63. The van der Waals surface area contributed by atoms with E-state index in [1.807, 2.05) is 12.1 Å². The van der Waals surface area contributed by atoms with Gasteiger partial charge in [0.15, 0.2) is 11.5 Å². The number of methoxy groups -OCH3 is 1. The van der Waals surface area contributed by atoms with E-state index in [2.05, 4.69) is 30.4 Å². The molecular formula is C22H27NO3. The highest BCUT2D eigenvalue weighted by atomic mass is 16.6. The Morgan fingerprint density at radius 1 is 1.04 bits per heavy atom. The summed E-state index contributed by atoms with van der Waals surface area (Å²) in [7, 11) is 1.67. The minimum atomic E-state index is 0.293. The van der Waals surface area contributed by atoms with E-state index in [1.54, 1.807) is 7.11 Å². The first-order valence-electron chi connectivity index (χ1n) is 9.56. The van der Waals surface area contributed by atoms with Crippen molar-refractivity contribution in [1.82, 2.24) is 5.32 Å². The third-order valence-corrected chi connectivity index (χ3v) is 5.37. The Balaban J connectivity index is 1.47. The Hall–Kier alpha value is -2.20. The molecule has 2 aliphatic rings. The molecule has 1 N–H and O–H groups in total. The van der Waals surface area contributed by atoms with E-state index in [0.717, 1.165) is 23.6 Å². The van der Waals surface area contributed by atoms with Crippen LogP contribution in [0.3, 0.4) is 0 Å². The van der Waals surface area contributed by atoms with Crippen molar-refractivity contribution in [3.05, 3.63) is 52.6 Å². The van der Waals surface area contributed by atoms with Crippen LogP contribution in [0.5, 0.6) is 17.2 Å². The zero-order valence-electron chi connectivity index (χ0n) is 15.6. The molecule has 0 spiro atoms. The lowest BCUT2D eigenvalue weighted by Gasteiger charge is -2.22. The van der Waals surface area contributed by atoms with Gasteiger partial charge in [-0.05, 0) is 67.0 Å². The molecule has 26 heavy (non-hydrogen) atoms. The molecule has 1 aliphatic heterocycles. The second kappa shape index (κ2) is 7.58. The number of ether oxygens (including phenoxy) is 3. The van der Waals surface area contributed by atoms with Crippen LogP contribution in [0.2, 0.25) is 0 Å². The molecule has 0 bridgehead atoms. The number of rotatable bonds is 5. The molecule has 1 aliphatic carbocycles. The third-order valence-electron chi connectivity index (χ3n) is 5.37. The van der Waals surface area contributed by atoms with Crippen molar-refractivity contribution >= 4 is 0 Å². The summed E-state index contributed by atoms with van der Waals surface area (Å²) in [6, 6.07) is 11.3. The Labute approximate surface area is 155 Å². The molecule has 0 amide bonds. The zero-order chi connectivity index (χ0) is 17.9. The fraction of sp³-hybridized carbons (Fsp3) is 0.455. The van der Waals surface area contributed by atoms with E-state index in [1.165, 1.54) is 42.4 Å². The molecule has 4 heteroatoms. The van der Waals surface area contributed by atoms with E-state index in [4.69, 9.17) is 14.2 Å². The number of benzene rings is 2. The van der Waals surface area contributed by atoms with Crippen LogP contribution in [0, 0.1) is 0 Å². The van der Waals surface area contributed by atoms with Crippen LogP contribution in [-0.4, -0.2) is 20.3 Å². The highest BCUT2D eigenvalue weighted by Gasteiger charge is 2.19. The van der Waals surface area contributed by atoms with Gasteiger partial charge in [-0.15, -0.1) is 0 Å². The van der Waals surface area contributed by atoms with Gasteiger partial charge in [0.05, 0.1) is 7.11 Å². The first kappa shape index (κ1) is 17.2. The molecule has 4 rings (SSSR count). The first-order chi connectivity index (χ1) is 12.7. The fourth-order valence-corrected chi connectivity index (χ4v) is 3.84. The van der Waals surface area contributed by atoms with E-state index in [9.17, 15) is 0 Å². The van der Waals surface area contributed by atoms with Crippen molar-refractivity contribution in [2.24, 2.45) is 0 Å². The Morgan fingerprint density at radius 3 is 2.69 bits per heavy atom. The monoisotopic (exact) mass is 353 g/mol. The Bertz CT molecular complexity index is 770. The smallest absolute Gasteiger partial charge is 0.203 e. The van der Waals surface area contributed by atoms with E-state index in [0.29, 0.717) is 25.0 Å². The average Bonchev–Trinajstić information content (AvgIpc) is 2.71. The standard InChI is InChI=1S/C22H27NO3/c1-15(18-8-7-17-5-3-4-6-19(17)13-18)23-14-16-11-20(24-2)22-21(12-16)25-9-10-26-22/h7-8,11-13,15,23H,3-6,9-10,14H2,1-2H3. The molecule has 0 saturated heterocycles. The summed E-state index contributed by atoms with van der Waals surface area (Å²) in [6.07, 6.45) is 5.09. The molecule has 0 radical (unpaired) electrons. The van der Waals surface area contributed by atoms with E-state index in [-0.39, 0.29) is 0 Å². The van der Waals surface area contributed by atoms with Crippen LogP contribution in [-0.2, 0) is 19.4 Å². The first-order valence-corrected chi connectivity index (χ1v) is 9.56. The number of aryl methyl sites for hydroxylation is 2. The van der Waals surface area contributed by atoms with Gasteiger partial charge in [0, 0.05) is 12.6 Å². The molecule has 0 fully saturated rings. The molecule has 4 nitrogen and oxygen atoms in total. The summed E-state index contributed by atoms with van der Waals surface area (Å²) in [4.78, 5) is 0. The van der Waals surface area contributed by atoms with Crippen LogP contribution in [0.4, 0.5) is 0 Å². The fourth-order valence-electron chi connectivity index (χ4n) is 3.84. The lowest BCUT2D eigenvalue weighted by molar-refractivity contribution is 0.165. The van der Waals surface area contributed by atoms with Crippen molar-refractivity contribution in [3.63, 3.8) is 0 Å². The van der Waals surface area contributed by atoms with Gasteiger partial charge in [0.25, 0.3) is 0 Å². The molecule has 1 atom stereocenters. The number of nitrogens with one attached hydrogen (secondary N) is 1. The van der Waals surface area contributed by atoms with Crippen LogP contribution < -0.4 is 19.5 Å². The van der Waals surface area contributed by atoms with Gasteiger partial charge in [-0.2, -0.15) is 0 Å². The SMILES string of the molecule is COc1cc(CNC(C)c2ccc3c(c2)CCCC3)cc2c1OCCO2. The van der Waals surface area contributed by atoms with Crippen molar-refractivity contribution < 1.29 is 14.2 Å². The molecule has 0 aromatic heterocycles. The van der Waals surface area contributed by atoms with Crippen LogP contribution in [0.1, 0.15) is 48.1 Å². The molecule has 1 heterocycles. The van der Waals surface area contributed by atoms with Gasteiger partial charge in [0.1, 0.15) is 13.2 Å². The van der Waals surface area contributed by atoms with Gasteiger partial charge >= 0.3 is 0 Å². The second-order valence-electron chi connectivity index (χ2n) is 7.16. The highest BCUT2D eigenvalue weighted by Crippen LogP contribution is 2.40. The lowest BCUT2D eigenvalue weighted by atomic mass is 9.89. The van der Waals surface area contributed by atoms with Gasteiger partial charge in [-0.25, -0.2) is 0 Å². The molecule has 138 valence electrons.